The van der Waals surface area contributed by atoms with Crippen LogP contribution < -0.4 is 10.6 Å². The molecule has 1 aromatic heterocycles. The first-order chi connectivity index (χ1) is 14.9. The Hall–Kier alpha value is -3.65. The number of carbonyl (C=O) groups excluding carboxylic acids is 2. The Morgan fingerprint density at radius 3 is 2.45 bits per heavy atom. The quantitative estimate of drug-likeness (QED) is 0.424. The molecule has 1 atom stereocenters. The maximum atomic E-state index is 12.9. The first-order valence-corrected chi connectivity index (χ1v) is 10.1. The molecule has 2 amide bonds. The summed E-state index contributed by atoms with van der Waals surface area (Å²) < 4.78 is 5.85. The molecule has 0 saturated carbocycles. The van der Waals surface area contributed by atoms with E-state index >= 15 is 0 Å². The molecule has 3 aromatic rings. The lowest BCUT2D eigenvalue weighted by Gasteiger charge is -2.16. The number of nitrogens with one attached hydrogen (secondary N) is 2. The van der Waals surface area contributed by atoms with Crippen molar-refractivity contribution in [1.29, 1.82) is 0 Å². The molecule has 0 fully saturated rings. The average molecular weight is 483 g/mol. The number of hydrogen-bond acceptors (Lipinski definition) is 4. The predicted molar refractivity (Wildman–Crippen MR) is 118 cm³/mol. The third-order valence-electron chi connectivity index (χ3n) is 4.28. The molecular weight excluding hydrogens is 464 g/mol. The zero-order valence-corrected chi connectivity index (χ0v) is 17.8. The highest BCUT2D eigenvalue weighted by Crippen LogP contribution is 2.15. The second kappa shape index (κ2) is 10.4. The molecule has 158 valence electrons. The molecule has 2 aromatic carbocycles. The largest absolute Gasteiger partial charge is 0.480 e. The molecule has 0 aliphatic rings. The number of aliphatic carboxylic acids is 1. The molecule has 0 aliphatic carbocycles. The van der Waals surface area contributed by atoms with Crippen LogP contribution in [0.25, 0.3) is 6.08 Å². The van der Waals surface area contributed by atoms with E-state index in [2.05, 4.69) is 26.6 Å². The first kappa shape index (κ1) is 22.0. The van der Waals surface area contributed by atoms with Crippen molar-refractivity contribution in [2.24, 2.45) is 0 Å². The van der Waals surface area contributed by atoms with Crippen LogP contribution in [0.1, 0.15) is 21.7 Å². The maximum Gasteiger partial charge on any atom is 0.326 e. The van der Waals surface area contributed by atoms with Gasteiger partial charge in [-0.15, -0.1) is 0 Å². The summed E-state index contributed by atoms with van der Waals surface area (Å²) in [5, 5.41) is 14.6. The van der Waals surface area contributed by atoms with Crippen LogP contribution in [0.5, 0.6) is 0 Å². The Morgan fingerprint density at radius 2 is 1.81 bits per heavy atom. The van der Waals surface area contributed by atoms with Gasteiger partial charge in [0, 0.05) is 10.9 Å². The van der Waals surface area contributed by atoms with Gasteiger partial charge in [0.1, 0.15) is 11.7 Å². The van der Waals surface area contributed by atoms with Gasteiger partial charge in [-0.1, -0.05) is 58.4 Å². The third-order valence-corrected chi connectivity index (χ3v) is 4.78. The number of amides is 2. The van der Waals surface area contributed by atoms with E-state index in [1.807, 2.05) is 12.1 Å². The molecular formula is C23H19BrN2O5. The van der Waals surface area contributed by atoms with Gasteiger partial charge in [-0.2, -0.15) is 0 Å². The van der Waals surface area contributed by atoms with Crippen LogP contribution >= 0.6 is 15.9 Å². The topological polar surface area (TPSA) is 109 Å². The molecule has 0 aliphatic heterocycles. The van der Waals surface area contributed by atoms with Gasteiger partial charge in [0.2, 0.25) is 0 Å². The summed E-state index contributed by atoms with van der Waals surface area (Å²) >= 11 is 3.36. The molecule has 3 N–H and O–H groups in total. The van der Waals surface area contributed by atoms with Crippen LogP contribution in [-0.2, 0) is 16.0 Å². The summed E-state index contributed by atoms with van der Waals surface area (Å²) in [6, 6.07) is 17.9. The lowest BCUT2D eigenvalue weighted by molar-refractivity contribution is -0.141. The highest BCUT2D eigenvalue weighted by Gasteiger charge is 2.24. The monoisotopic (exact) mass is 482 g/mol. The number of carboxylic acid groups (broad SMARTS) is 1. The van der Waals surface area contributed by atoms with Crippen LogP contribution in [0.2, 0.25) is 0 Å². The van der Waals surface area contributed by atoms with E-state index in [-0.39, 0.29) is 17.9 Å². The normalized spacial score (nSPS) is 12.1. The highest BCUT2D eigenvalue weighted by atomic mass is 79.9. The van der Waals surface area contributed by atoms with E-state index in [0.29, 0.717) is 5.56 Å². The molecule has 0 unspecified atom stereocenters. The number of hydrogen-bond donors (Lipinski definition) is 3. The fourth-order valence-electron chi connectivity index (χ4n) is 2.80. The fraction of sp³-hybridized carbons (Fsp3) is 0.0870. The Balaban J connectivity index is 1.85. The first-order valence-electron chi connectivity index (χ1n) is 9.32. The molecule has 3 rings (SSSR count). The van der Waals surface area contributed by atoms with E-state index in [1.54, 1.807) is 48.5 Å². The van der Waals surface area contributed by atoms with E-state index < -0.39 is 23.8 Å². The summed E-state index contributed by atoms with van der Waals surface area (Å²) in [4.78, 5) is 37.1. The second-order valence-corrected chi connectivity index (χ2v) is 7.51. The van der Waals surface area contributed by atoms with Gasteiger partial charge in [0.05, 0.1) is 6.26 Å². The van der Waals surface area contributed by atoms with Crippen LogP contribution in [0.15, 0.2) is 87.6 Å². The zero-order valence-electron chi connectivity index (χ0n) is 16.2. The van der Waals surface area contributed by atoms with Crippen LogP contribution in [-0.4, -0.2) is 28.9 Å². The van der Waals surface area contributed by atoms with Crippen molar-refractivity contribution in [3.8, 4) is 0 Å². The third kappa shape index (κ3) is 6.42. The average Bonchev–Trinajstić information content (AvgIpc) is 3.28. The summed E-state index contributed by atoms with van der Waals surface area (Å²) in [6.07, 6.45) is 2.90. The van der Waals surface area contributed by atoms with Crippen LogP contribution in [0.3, 0.4) is 0 Å². The number of furan rings is 1. The fourth-order valence-corrected chi connectivity index (χ4v) is 3.22. The Morgan fingerprint density at radius 1 is 1.03 bits per heavy atom. The smallest absolute Gasteiger partial charge is 0.326 e. The van der Waals surface area contributed by atoms with Crippen molar-refractivity contribution in [2.75, 3.05) is 0 Å². The summed E-state index contributed by atoms with van der Waals surface area (Å²) in [6.45, 7) is 0. The van der Waals surface area contributed by atoms with Crippen molar-refractivity contribution in [3.05, 3.63) is 100 Å². The van der Waals surface area contributed by atoms with E-state index in [1.165, 1.54) is 18.4 Å². The van der Waals surface area contributed by atoms with E-state index in [9.17, 15) is 19.5 Å². The zero-order chi connectivity index (χ0) is 22.2. The lowest BCUT2D eigenvalue weighted by atomic mass is 10.1. The highest BCUT2D eigenvalue weighted by molar-refractivity contribution is 9.10. The molecule has 0 saturated heterocycles. The van der Waals surface area contributed by atoms with Gasteiger partial charge >= 0.3 is 5.97 Å². The van der Waals surface area contributed by atoms with Gasteiger partial charge in [0.15, 0.2) is 5.76 Å². The lowest BCUT2D eigenvalue weighted by Crippen LogP contribution is -2.45. The Labute approximate surface area is 186 Å². The molecule has 0 bridgehead atoms. The minimum Gasteiger partial charge on any atom is -0.480 e. The molecule has 0 spiro atoms. The standard InChI is InChI=1S/C23H19BrN2O5/c24-17-9-4-8-16(12-17)14-18(25-22(28)20-10-5-11-31-20)21(27)26-19(23(29)30)13-15-6-2-1-3-7-15/h1-12,14,19H,13H2,(H,25,28)(H,26,27)(H,29,30)/b18-14-/t19-/m1/s1. The number of benzene rings is 2. The summed E-state index contributed by atoms with van der Waals surface area (Å²) in [5.41, 5.74) is 1.28. The molecule has 31 heavy (non-hydrogen) atoms. The van der Waals surface area contributed by atoms with E-state index in [4.69, 9.17) is 4.42 Å². The SMILES string of the molecule is O=C(N[C@H](Cc1ccccc1)C(=O)O)/C(=C/c1cccc(Br)c1)NC(=O)c1ccco1. The second-order valence-electron chi connectivity index (χ2n) is 6.60. The predicted octanol–water partition coefficient (Wildman–Crippen LogP) is 3.63. The van der Waals surface area contributed by atoms with Crippen molar-refractivity contribution < 1.29 is 23.9 Å². The van der Waals surface area contributed by atoms with Gasteiger partial charge in [-0.05, 0) is 41.5 Å². The number of rotatable bonds is 8. The van der Waals surface area contributed by atoms with Gasteiger partial charge in [-0.3, -0.25) is 9.59 Å². The number of carbonyl (C=O) groups is 3. The van der Waals surface area contributed by atoms with Gasteiger partial charge in [-0.25, -0.2) is 4.79 Å². The molecule has 0 radical (unpaired) electrons. The molecule has 8 heteroatoms. The summed E-state index contributed by atoms with van der Waals surface area (Å²) in [7, 11) is 0. The Kier molecular flexibility index (Phi) is 7.40. The molecule has 7 nitrogen and oxygen atoms in total. The van der Waals surface area contributed by atoms with Crippen molar-refractivity contribution in [1.82, 2.24) is 10.6 Å². The van der Waals surface area contributed by atoms with Crippen molar-refractivity contribution in [3.63, 3.8) is 0 Å². The minimum absolute atomic E-state index is 0.0204. The van der Waals surface area contributed by atoms with Crippen molar-refractivity contribution >= 4 is 39.8 Å². The van der Waals surface area contributed by atoms with E-state index in [0.717, 1.165) is 10.0 Å². The Bertz CT molecular complexity index is 1090. The van der Waals surface area contributed by atoms with Crippen LogP contribution in [0.4, 0.5) is 0 Å². The van der Waals surface area contributed by atoms with Crippen molar-refractivity contribution in [2.45, 2.75) is 12.5 Å². The van der Waals surface area contributed by atoms with Crippen LogP contribution in [0, 0.1) is 0 Å². The molecule has 1 heterocycles. The number of halogens is 1. The van der Waals surface area contributed by atoms with Gasteiger partial charge in [0.25, 0.3) is 11.8 Å². The van der Waals surface area contributed by atoms with Gasteiger partial charge < -0.3 is 20.2 Å². The minimum atomic E-state index is -1.18. The maximum absolute atomic E-state index is 12.9. The summed E-state index contributed by atoms with van der Waals surface area (Å²) in [5.74, 6) is -2.53. The number of carboxylic acids is 1.